The van der Waals surface area contributed by atoms with E-state index in [0.717, 1.165) is 0 Å². The predicted octanol–water partition coefficient (Wildman–Crippen LogP) is 15.3. The third-order valence-electron chi connectivity index (χ3n) is 11.4. The normalized spacial score (nSPS) is 11.7. The monoisotopic (exact) mass is 682 g/mol. The molecule has 0 spiro atoms. The summed E-state index contributed by atoms with van der Waals surface area (Å²) < 4.78 is 0. The molecule has 0 radical (unpaired) electrons. The van der Waals surface area contributed by atoms with Crippen LogP contribution in [0.25, 0.3) is 109 Å². The number of hydrogen-bond donors (Lipinski definition) is 0. The van der Waals surface area contributed by atoms with Crippen LogP contribution in [0.5, 0.6) is 0 Å². The fourth-order valence-corrected chi connectivity index (χ4v) is 8.77. The quantitative estimate of drug-likeness (QED) is 0.128. The molecule has 0 amide bonds. The molecule has 250 valence electrons. The fraction of sp³-hybridized carbons (Fsp3) is 0. The van der Waals surface area contributed by atoms with Crippen LogP contribution in [0.15, 0.2) is 206 Å². The molecule has 0 aromatic heterocycles. The summed E-state index contributed by atoms with van der Waals surface area (Å²) in [6.07, 6.45) is 0. The molecule has 0 atom stereocenters. The van der Waals surface area contributed by atoms with Gasteiger partial charge >= 0.3 is 0 Å². The molecule has 0 saturated carbocycles. The Kier molecular flexibility index (Phi) is 6.97. The van der Waals surface area contributed by atoms with Gasteiger partial charge in [0.2, 0.25) is 0 Å². The van der Waals surface area contributed by atoms with Crippen LogP contribution in [-0.4, -0.2) is 0 Å². The van der Waals surface area contributed by atoms with Crippen LogP contribution < -0.4 is 0 Å². The molecule has 0 saturated heterocycles. The minimum Gasteiger partial charge on any atom is -0.0616 e. The van der Waals surface area contributed by atoms with Gasteiger partial charge in [-0.2, -0.15) is 0 Å². The van der Waals surface area contributed by atoms with E-state index in [1.54, 1.807) is 0 Å². The van der Waals surface area contributed by atoms with E-state index in [-0.39, 0.29) is 0 Å². The standard InChI is InChI=1S/C54H34/c1-3-12-42-33-44(27-21-35(42)9-1)37-17-23-40(24-18-37)52-48-15-7-8-16-49(48)53(54-50-30-29-39-11-5-6-14-46(39)47(50)31-32-51(52)54)41-25-19-38(20-26-41)45-28-22-36-10-2-4-13-43(36)34-45/h1-34H. The van der Waals surface area contributed by atoms with Crippen molar-refractivity contribution in [3.63, 3.8) is 0 Å². The van der Waals surface area contributed by atoms with Crippen LogP contribution >= 0.6 is 0 Å². The first-order valence-corrected chi connectivity index (χ1v) is 18.7. The van der Waals surface area contributed by atoms with Gasteiger partial charge in [0.25, 0.3) is 0 Å². The topological polar surface area (TPSA) is 0 Å². The average Bonchev–Trinajstić information content (AvgIpc) is 3.25. The highest BCUT2D eigenvalue weighted by molar-refractivity contribution is 6.30. The van der Waals surface area contributed by atoms with E-state index < -0.39 is 0 Å². The number of benzene rings is 11. The molecule has 0 fully saturated rings. The van der Waals surface area contributed by atoms with E-state index in [1.807, 2.05) is 0 Å². The second-order valence-corrected chi connectivity index (χ2v) is 14.4. The van der Waals surface area contributed by atoms with Gasteiger partial charge in [0.05, 0.1) is 0 Å². The second-order valence-electron chi connectivity index (χ2n) is 14.4. The molecule has 0 heteroatoms. The van der Waals surface area contributed by atoms with Crippen molar-refractivity contribution in [1.82, 2.24) is 0 Å². The summed E-state index contributed by atoms with van der Waals surface area (Å²) in [6.45, 7) is 0. The van der Waals surface area contributed by atoms with Crippen LogP contribution in [0.1, 0.15) is 0 Å². The lowest BCUT2D eigenvalue weighted by atomic mass is 9.83. The van der Waals surface area contributed by atoms with Gasteiger partial charge in [0.1, 0.15) is 0 Å². The largest absolute Gasteiger partial charge is 0.0616 e. The minimum atomic E-state index is 1.22. The lowest BCUT2D eigenvalue weighted by Crippen LogP contribution is -1.93. The van der Waals surface area contributed by atoms with Crippen molar-refractivity contribution in [1.29, 1.82) is 0 Å². The van der Waals surface area contributed by atoms with E-state index in [4.69, 9.17) is 0 Å². The molecule has 11 aromatic carbocycles. The van der Waals surface area contributed by atoms with Crippen LogP contribution in [0.3, 0.4) is 0 Å². The molecule has 0 nitrogen and oxygen atoms in total. The fourth-order valence-electron chi connectivity index (χ4n) is 8.77. The number of fused-ring (bicyclic) bond motifs is 8. The Labute approximate surface area is 314 Å². The Morgan fingerprint density at radius 3 is 1.17 bits per heavy atom. The van der Waals surface area contributed by atoms with Crippen molar-refractivity contribution in [2.75, 3.05) is 0 Å². The predicted molar refractivity (Wildman–Crippen MR) is 233 cm³/mol. The molecule has 0 aliphatic rings. The maximum absolute atomic E-state index is 2.37. The van der Waals surface area contributed by atoms with Crippen LogP contribution in [0.4, 0.5) is 0 Å². The zero-order chi connectivity index (χ0) is 35.6. The number of hydrogen-bond acceptors (Lipinski definition) is 0. The SMILES string of the molecule is c1ccc2cc(-c3ccc(-c4c5ccccc5c(-c5ccc(-c6ccc7ccccc7c6)cc5)c5c4ccc4c6ccccc6ccc45)cc3)ccc2c1. The summed E-state index contributed by atoms with van der Waals surface area (Å²) in [5, 5.41) is 15.2. The first kappa shape index (κ1) is 30.6. The smallest absolute Gasteiger partial charge is 0.00139 e. The van der Waals surface area contributed by atoms with Gasteiger partial charge in [-0.15, -0.1) is 0 Å². The molecular formula is C54H34. The average molecular weight is 683 g/mol. The summed E-state index contributed by atoms with van der Waals surface area (Å²) in [7, 11) is 0. The molecule has 11 rings (SSSR count). The maximum atomic E-state index is 2.37. The van der Waals surface area contributed by atoms with Crippen molar-refractivity contribution >= 4 is 64.6 Å². The van der Waals surface area contributed by atoms with E-state index in [2.05, 4.69) is 206 Å². The van der Waals surface area contributed by atoms with Gasteiger partial charge in [-0.25, -0.2) is 0 Å². The highest BCUT2D eigenvalue weighted by atomic mass is 14.2. The molecular weight excluding hydrogens is 649 g/mol. The Morgan fingerprint density at radius 2 is 0.574 bits per heavy atom. The first-order chi connectivity index (χ1) is 26.8. The summed E-state index contributed by atoms with van der Waals surface area (Å²) >= 11 is 0. The summed E-state index contributed by atoms with van der Waals surface area (Å²) in [5.74, 6) is 0. The van der Waals surface area contributed by atoms with Crippen LogP contribution in [0, 0.1) is 0 Å². The third-order valence-corrected chi connectivity index (χ3v) is 11.4. The molecule has 0 N–H and O–H groups in total. The van der Waals surface area contributed by atoms with E-state index in [0.29, 0.717) is 0 Å². The minimum absolute atomic E-state index is 1.22. The van der Waals surface area contributed by atoms with Crippen LogP contribution in [0.2, 0.25) is 0 Å². The molecule has 11 aromatic rings. The van der Waals surface area contributed by atoms with Gasteiger partial charge in [0.15, 0.2) is 0 Å². The van der Waals surface area contributed by atoms with Gasteiger partial charge in [-0.3, -0.25) is 0 Å². The molecule has 0 bridgehead atoms. The Bertz CT molecular complexity index is 3240. The Morgan fingerprint density at radius 1 is 0.185 bits per heavy atom. The molecule has 54 heavy (non-hydrogen) atoms. The van der Waals surface area contributed by atoms with Gasteiger partial charge in [-0.1, -0.05) is 194 Å². The third kappa shape index (κ3) is 4.92. The molecule has 0 heterocycles. The zero-order valence-corrected chi connectivity index (χ0v) is 29.6. The van der Waals surface area contributed by atoms with Gasteiger partial charge in [-0.05, 0) is 121 Å². The van der Waals surface area contributed by atoms with Gasteiger partial charge in [0, 0.05) is 0 Å². The van der Waals surface area contributed by atoms with Gasteiger partial charge < -0.3 is 0 Å². The highest BCUT2D eigenvalue weighted by Gasteiger charge is 2.19. The van der Waals surface area contributed by atoms with Crippen molar-refractivity contribution in [2.24, 2.45) is 0 Å². The first-order valence-electron chi connectivity index (χ1n) is 18.7. The lowest BCUT2D eigenvalue weighted by Gasteiger charge is -2.20. The molecule has 0 aliphatic carbocycles. The van der Waals surface area contributed by atoms with Crippen molar-refractivity contribution in [2.45, 2.75) is 0 Å². The number of rotatable bonds is 4. The maximum Gasteiger partial charge on any atom is -0.00139 e. The highest BCUT2D eigenvalue weighted by Crippen LogP contribution is 2.47. The van der Waals surface area contributed by atoms with Crippen LogP contribution in [-0.2, 0) is 0 Å². The van der Waals surface area contributed by atoms with E-state index >= 15 is 0 Å². The molecule has 0 aliphatic heterocycles. The zero-order valence-electron chi connectivity index (χ0n) is 29.6. The van der Waals surface area contributed by atoms with Crippen molar-refractivity contribution in [3.8, 4) is 44.5 Å². The van der Waals surface area contributed by atoms with E-state index in [1.165, 1.54) is 109 Å². The van der Waals surface area contributed by atoms with Crippen molar-refractivity contribution in [3.05, 3.63) is 206 Å². The second kappa shape index (κ2) is 12.3. The Hall–Kier alpha value is -7.02. The lowest BCUT2D eigenvalue weighted by molar-refractivity contribution is 1.62. The van der Waals surface area contributed by atoms with Crippen molar-refractivity contribution < 1.29 is 0 Å². The van der Waals surface area contributed by atoms with E-state index in [9.17, 15) is 0 Å². The summed E-state index contributed by atoms with van der Waals surface area (Å²) in [5.41, 5.74) is 9.90. The summed E-state index contributed by atoms with van der Waals surface area (Å²) in [4.78, 5) is 0. The Balaban J connectivity index is 1.14. The molecule has 0 unspecified atom stereocenters. The summed E-state index contributed by atoms with van der Waals surface area (Å²) in [6, 6.07) is 76.2.